The van der Waals surface area contributed by atoms with Crippen molar-refractivity contribution in [1.82, 2.24) is 15.6 Å². The van der Waals surface area contributed by atoms with E-state index in [1.165, 1.54) is 42.6 Å². The molecule has 0 aliphatic carbocycles. The van der Waals surface area contributed by atoms with Crippen molar-refractivity contribution in [2.45, 2.75) is 11.3 Å². The van der Waals surface area contributed by atoms with E-state index in [2.05, 4.69) is 20.9 Å². The molecule has 2 aromatic carbocycles. The summed E-state index contributed by atoms with van der Waals surface area (Å²) in [6.07, 6.45) is 1.89. The fraction of sp³-hybridized carbons (Fsp3) is 0.100. The average Bonchev–Trinajstić information content (AvgIpc) is 3.01. The van der Waals surface area contributed by atoms with Crippen molar-refractivity contribution in [3.05, 3.63) is 65.7 Å². The fourth-order valence-corrected chi connectivity index (χ4v) is 3.90. The van der Waals surface area contributed by atoms with Crippen molar-refractivity contribution in [3.8, 4) is 0 Å². The number of nitrogens with one attached hydrogen (secondary N) is 4. The summed E-state index contributed by atoms with van der Waals surface area (Å²) in [5, 5.41) is 13.5. The van der Waals surface area contributed by atoms with Crippen LogP contribution >= 0.6 is 0 Å². The van der Waals surface area contributed by atoms with E-state index in [0.29, 0.717) is 46.4 Å². The Balaban J connectivity index is 1.58. The Morgan fingerprint density at radius 3 is 2.61 bits per heavy atom. The minimum atomic E-state index is -3.83. The van der Waals surface area contributed by atoms with Gasteiger partial charge in [-0.3, -0.25) is 4.79 Å². The first kappa shape index (κ1) is 20.6. The SMILES string of the molecule is NS(=O)(=O)c1ccc(NC(=O)N/C=C2\CCNC(=O)c3[nH]c4ccc(F)cc4c32)cc1. The van der Waals surface area contributed by atoms with Gasteiger partial charge in [-0.2, -0.15) is 0 Å². The number of sulfonamides is 1. The van der Waals surface area contributed by atoms with Gasteiger partial charge in [-0.05, 0) is 54.5 Å². The summed E-state index contributed by atoms with van der Waals surface area (Å²) in [5.41, 5.74) is 2.43. The molecule has 11 heteroatoms. The summed E-state index contributed by atoms with van der Waals surface area (Å²) < 4.78 is 36.4. The van der Waals surface area contributed by atoms with Gasteiger partial charge >= 0.3 is 6.03 Å². The molecule has 6 N–H and O–H groups in total. The molecule has 0 bridgehead atoms. The molecule has 160 valence electrons. The van der Waals surface area contributed by atoms with Gasteiger partial charge in [-0.25, -0.2) is 22.7 Å². The van der Waals surface area contributed by atoms with Gasteiger partial charge in [-0.1, -0.05) is 0 Å². The van der Waals surface area contributed by atoms with Crippen LogP contribution in [0.4, 0.5) is 14.9 Å². The molecule has 1 aliphatic heterocycles. The van der Waals surface area contributed by atoms with E-state index in [1.54, 1.807) is 6.07 Å². The van der Waals surface area contributed by atoms with Crippen LogP contribution in [0, 0.1) is 5.82 Å². The largest absolute Gasteiger partial charge is 0.350 e. The number of carbonyl (C=O) groups excluding carboxylic acids is 2. The number of anilines is 1. The molecule has 4 rings (SSSR count). The van der Waals surface area contributed by atoms with Gasteiger partial charge in [0.1, 0.15) is 11.5 Å². The van der Waals surface area contributed by atoms with Gasteiger partial charge in [0.2, 0.25) is 10.0 Å². The first-order valence-corrected chi connectivity index (χ1v) is 10.8. The molecule has 1 aliphatic rings. The maximum absolute atomic E-state index is 13.8. The van der Waals surface area contributed by atoms with Crippen LogP contribution < -0.4 is 21.1 Å². The Kier molecular flexibility index (Phi) is 5.21. The van der Waals surface area contributed by atoms with Gasteiger partial charge in [-0.15, -0.1) is 0 Å². The number of rotatable bonds is 3. The number of benzene rings is 2. The molecule has 3 aromatic rings. The lowest BCUT2D eigenvalue weighted by Gasteiger charge is -2.08. The Bertz CT molecular complexity index is 1330. The normalized spacial score (nSPS) is 15.3. The second-order valence-electron chi connectivity index (χ2n) is 6.91. The number of amides is 3. The number of fused-ring (bicyclic) bond motifs is 3. The van der Waals surface area contributed by atoms with E-state index < -0.39 is 21.9 Å². The van der Waals surface area contributed by atoms with Crippen LogP contribution in [-0.2, 0) is 10.0 Å². The lowest BCUT2D eigenvalue weighted by molar-refractivity contribution is 0.0952. The van der Waals surface area contributed by atoms with Crippen molar-refractivity contribution in [2.24, 2.45) is 5.14 Å². The Morgan fingerprint density at radius 1 is 1.16 bits per heavy atom. The van der Waals surface area contributed by atoms with Crippen LogP contribution in [-0.4, -0.2) is 31.9 Å². The monoisotopic (exact) mass is 443 g/mol. The molecule has 0 radical (unpaired) electrons. The predicted molar refractivity (Wildman–Crippen MR) is 113 cm³/mol. The van der Waals surface area contributed by atoms with Crippen LogP contribution in [0.5, 0.6) is 0 Å². The number of nitrogens with two attached hydrogens (primary N) is 1. The number of primary sulfonamides is 1. The molecule has 0 saturated carbocycles. The molecule has 0 spiro atoms. The summed E-state index contributed by atoms with van der Waals surface area (Å²) >= 11 is 0. The van der Waals surface area contributed by atoms with Crippen LogP contribution in [0.25, 0.3) is 16.5 Å². The van der Waals surface area contributed by atoms with Crippen molar-refractivity contribution in [1.29, 1.82) is 0 Å². The minimum absolute atomic E-state index is 0.0738. The predicted octanol–water partition coefficient (Wildman–Crippen LogP) is 2.25. The zero-order chi connectivity index (χ0) is 22.2. The number of carbonyl (C=O) groups is 2. The molecular formula is C20H18FN5O4S. The summed E-state index contributed by atoms with van der Waals surface area (Å²) in [7, 11) is -3.83. The lowest BCUT2D eigenvalue weighted by atomic mass is 10.0. The third-order valence-corrected chi connectivity index (χ3v) is 5.74. The van der Waals surface area contributed by atoms with Gasteiger partial charge in [0.05, 0.1) is 4.90 Å². The molecule has 0 unspecified atom stereocenters. The fourth-order valence-electron chi connectivity index (χ4n) is 3.38. The highest BCUT2D eigenvalue weighted by Crippen LogP contribution is 2.32. The molecule has 0 saturated heterocycles. The molecule has 0 atom stereocenters. The van der Waals surface area contributed by atoms with Crippen LogP contribution in [0.15, 0.2) is 53.6 Å². The highest BCUT2D eigenvalue weighted by Gasteiger charge is 2.24. The molecule has 9 nitrogen and oxygen atoms in total. The van der Waals surface area contributed by atoms with E-state index in [-0.39, 0.29) is 10.8 Å². The molecule has 0 fully saturated rings. The van der Waals surface area contributed by atoms with Gasteiger partial charge in [0.25, 0.3) is 5.91 Å². The zero-order valence-electron chi connectivity index (χ0n) is 16.0. The number of urea groups is 1. The topological polar surface area (TPSA) is 146 Å². The third-order valence-electron chi connectivity index (χ3n) is 4.81. The first-order valence-electron chi connectivity index (χ1n) is 9.21. The maximum Gasteiger partial charge on any atom is 0.323 e. The summed E-state index contributed by atoms with van der Waals surface area (Å²) in [5.74, 6) is -0.749. The summed E-state index contributed by atoms with van der Waals surface area (Å²) in [6.45, 7) is 0.350. The first-order chi connectivity index (χ1) is 14.7. The van der Waals surface area contributed by atoms with Crippen LogP contribution in [0.3, 0.4) is 0 Å². The van der Waals surface area contributed by atoms with E-state index in [1.807, 2.05) is 0 Å². The summed E-state index contributed by atoms with van der Waals surface area (Å²) in [6, 6.07) is 8.97. The number of aromatic nitrogens is 1. The Labute approximate surface area is 176 Å². The molecule has 31 heavy (non-hydrogen) atoms. The maximum atomic E-state index is 13.8. The van der Waals surface area contributed by atoms with Crippen LogP contribution in [0.1, 0.15) is 22.5 Å². The molecule has 2 heterocycles. The smallest absolute Gasteiger partial charge is 0.323 e. The Hall–Kier alpha value is -3.70. The highest BCUT2D eigenvalue weighted by molar-refractivity contribution is 7.89. The van der Waals surface area contributed by atoms with Crippen LogP contribution in [0.2, 0.25) is 0 Å². The summed E-state index contributed by atoms with van der Waals surface area (Å²) in [4.78, 5) is 27.6. The molecule has 1 aromatic heterocycles. The third kappa shape index (κ3) is 4.27. The number of hydrogen-bond donors (Lipinski definition) is 5. The van der Waals surface area contributed by atoms with E-state index in [4.69, 9.17) is 5.14 Å². The number of hydrogen-bond acceptors (Lipinski definition) is 4. The van der Waals surface area contributed by atoms with E-state index in [0.717, 1.165) is 0 Å². The Morgan fingerprint density at radius 2 is 1.90 bits per heavy atom. The molecule has 3 amide bonds. The van der Waals surface area contributed by atoms with E-state index >= 15 is 0 Å². The average molecular weight is 443 g/mol. The number of H-pyrrole nitrogens is 1. The number of halogens is 1. The van der Waals surface area contributed by atoms with Crippen molar-refractivity contribution < 1.29 is 22.4 Å². The van der Waals surface area contributed by atoms with E-state index in [9.17, 15) is 22.4 Å². The van der Waals surface area contributed by atoms with Crippen molar-refractivity contribution in [2.75, 3.05) is 11.9 Å². The number of aromatic amines is 1. The quantitative estimate of drug-likeness (QED) is 0.422. The van der Waals surface area contributed by atoms with Crippen molar-refractivity contribution in [3.63, 3.8) is 0 Å². The van der Waals surface area contributed by atoms with Gasteiger partial charge in [0, 0.05) is 34.9 Å². The van der Waals surface area contributed by atoms with Gasteiger partial charge < -0.3 is 20.9 Å². The van der Waals surface area contributed by atoms with Crippen molar-refractivity contribution >= 4 is 44.1 Å². The zero-order valence-corrected chi connectivity index (χ0v) is 16.8. The standard InChI is InChI=1S/C20H18FN5O4S/c21-12-1-6-16-15(9-12)17-11(7-8-23-19(27)18(17)26-16)10-24-20(28)25-13-2-4-14(5-3-13)31(22,29)30/h1-6,9-10,26H,7-8H2,(H,23,27)(H2,22,29,30)(H2,24,25,28)/b11-10+. The lowest BCUT2D eigenvalue weighted by Crippen LogP contribution is -2.24. The highest BCUT2D eigenvalue weighted by atomic mass is 32.2. The van der Waals surface area contributed by atoms with Gasteiger partial charge in [0.15, 0.2) is 0 Å². The second kappa shape index (κ2) is 7.85. The second-order valence-corrected chi connectivity index (χ2v) is 8.47. The minimum Gasteiger partial charge on any atom is -0.350 e. The molecular weight excluding hydrogens is 425 g/mol.